The highest BCUT2D eigenvalue weighted by Gasteiger charge is 2.14. The van der Waals surface area contributed by atoms with Crippen LogP contribution in [0.4, 0.5) is 4.39 Å². The van der Waals surface area contributed by atoms with Gasteiger partial charge in [-0.05, 0) is 54.8 Å². The van der Waals surface area contributed by atoms with E-state index in [1.54, 1.807) is 0 Å². The number of benzene rings is 2. The Labute approximate surface area is 140 Å². The average Bonchev–Trinajstić information content (AvgIpc) is 3.02. The van der Waals surface area contributed by atoms with E-state index in [9.17, 15) is 9.18 Å². The molecule has 0 aromatic heterocycles. The van der Waals surface area contributed by atoms with Gasteiger partial charge in [0.05, 0.1) is 6.61 Å². The second kappa shape index (κ2) is 7.34. The summed E-state index contributed by atoms with van der Waals surface area (Å²) >= 11 is 0. The van der Waals surface area contributed by atoms with Gasteiger partial charge in [-0.25, -0.2) is 4.39 Å². The Balaban J connectivity index is 1.46. The molecule has 1 atom stereocenters. The third-order valence-corrected chi connectivity index (χ3v) is 3.89. The number of nitrogens with one attached hydrogen (secondary N) is 1. The van der Waals surface area contributed by atoms with E-state index in [0.717, 1.165) is 25.2 Å². The molecule has 1 heterocycles. The van der Waals surface area contributed by atoms with Crippen molar-refractivity contribution in [1.29, 1.82) is 0 Å². The number of ether oxygens (including phenoxy) is 2. The topological polar surface area (TPSA) is 47.6 Å². The molecule has 5 heteroatoms. The molecule has 2 aromatic rings. The Hall–Kier alpha value is -2.56. The largest absolute Gasteiger partial charge is 0.493 e. The average molecular weight is 329 g/mol. The van der Waals surface area contributed by atoms with Gasteiger partial charge >= 0.3 is 0 Å². The molecular weight excluding hydrogens is 309 g/mol. The lowest BCUT2D eigenvalue weighted by Crippen LogP contribution is -2.37. The molecule has 0 fully saturated rings. The molecule has 0 bridgehead atoms. The van der Waals surface area contributed by atoms with Crippen LogP contribution in [0, 0.1) is 5.82 Å². The first-order valence-corrected chi connectivity index (χ1v) is 8.02. The van der Waals surface area contributed by atoms with Crippen LogP contribution in [-0.2, 0) is 17.6 Å². The van der Waals surface area contributed by atoms with E-state index in [-0.39, 0.29) is 24.4 Å². The van der Waals surface area contributed by atoms with Gasteiger partial charge in [-0.15, -0.1) is 0 Å². The van der Waals surface area contributed by atoms with Crippen molar-refractivity contribution in [2.45, 2.75) is 25.8 Å². The summed E-state index contributed by atoms with van der Waals surface area (Å²) in [6.07, 6.45) is 1.69. The number of fused-ring (bicyclic) bond motifs is 1. The van der Waals surface area contributed by atoms with Crippen LogP contribution in [0.2, 0.25) is 0 Å². The summed E-state index contributed by atoms with van der Waals surface area (Å²) in [6, 6.07) is 11.7. The van der Waals surface area contributed by atoms with Crippen molar-refractivity contribution in [1.82, 2.24) is 5.32 Å². The van der Waals surface area contributed by atoms with Crippen LogP contribution in [0.25, 0.3) is 0 Å². The molecule has 0 aliphatic carbocycles. The predicted octanol–water partition coefficient (Wildman–Crippen LogP) is 2.89. The predicted molar refractivity (Wildman–Crippen MR) is 88.8 cm³/mol. The van der Waals surface area contributed by atoms with Crippen LogP contribution in [0.1, 0.15) is 18.1 Å². The quantitative estimate of drug-likeness (QED) is 0.886. The summed E-state index contributed by atoms with van der Waals surface area (Å²) in [5.74, 6) is 0.900. The SMILES string of the molecule is CC(Cc1ccc2c(c1)CCO2)NC(=O)COc1ccc(F)cc1. The van der Waals surface area contributed by atoms with Crippen molar-refractivity contribution in [3.63, 3.8) is 0 Å². The van der Waals surface area contributed by atoms with Gasteiger partial charge in [0.2, 0.25) is 0 Å². The lowest BCUT2D eigenvalue weighted by atomic mass is 10.0. The third kappa shape index (κ3) is 4.25. The van der Waals surface area contributed by atoms with Gasteiger partial charge < -0.3 is 14.8 Å². The molecule has 0 radical (unpaired) electrons. The van der Waals surface area contributed by atoms with Gasteiger partial charge in [0.1, 0.15) is 17.3 Å². The Morgan fingerprint density at radius 2 is 2.08 bits per heavy atom. The summed E-state index contributed by atoms with van der Waals surface area (Å²) in [6.45, 7) is 2.61. The number of halogens is 1. The fraction of sp³-hybridized carbons (Fsp3) is 0.316. The van der Waals surface area contributed by atoms with E-state index in [4.69, 9.17) is 9.47 Å². The fourth-order valence-corrected chi connectivity index (χ4v) is 2.77. The van der Waals surface area contributed by atoms with Crippen molar-refractivity contribution in [2.75, 3.05) is 13.2 Å². The number of carbonyl (C=O) groups is 1. The van der Waals surface area contributed by atoms with Crippen LogP contribution in [0.5, 0.6) is 11.5 Å². The highest BCUT2D eigenvalue weighted by atomic mass is 19.1. The highest BCUT2D eigenvalue weighted by Crippen LogP contribution is 2.26. The smallest absolute Gasteiger partial charge is 0.258 e. The maximum Gasteiger partial charge on any atom is 0.258 e. The fourth-order valence-electron chi connectivity index (χ4n) is 2.77. The second-order valence-corrected chi connectivity index (χ2v) is 5.96. The lowest BCUT2D eigenvalue weighted by Gasteiger charge is -2.15. The summed E-state index contributed by atoms with van der Waals surface area (Å²) < 4.78 is 23.6. The van der Waals surface area contributed by atoms with Crippen LogP contribution in [-0.4, -0.2) is 25.2 Å². The van der Waals surface area contributed by atoms with E-state index in [2.05, 4.69) is 11.4 Å². The van der Waals surface area contributed by atoms with Crippen molar-refractivity contribution >= 4 is 5.91 Å². The minimum Gasteiger partial charge on any atom is -0.493 e. The first kappa shape index (κ1) is 16.3. The van der Waals surface area contributed by atoms with Crippen molar-refractivity contribution in [2.24, 2.45) is 0 Å². The third-order valence-electron chi connectivity index (χ3n) is 3.89. The minimum atomic E-state index is -0.333. The molecular formula is C19H20FNO3. The normalized spacial score (nSPS) is 13.8. The zero-order valence-corrected chi connectivity index (χ0v) is 13.5. The number of hydrogen-bond donors (Lipinski definition) is 1. The van der Waals surface area contributed by atoms with E-state index in [1.165, 1.54) is 35.4 Å². The minimum absolute atomic E-state index is 0.00492. The van der Waals surface area contributed by atoms with Crippen LogP contribution >= 0.6 is 0 Å². The van der Waals surface area contributed by atoms with Gasteiger partial charge in [-0.3, -0.25) is 4.79 Å². The maximum absolute atomic E-state index is 12.8. The Morgan fingerprint density at radius 3 is 2.88 bits per heavy atom. The molecule has 1 amide bonds. The van der Waals surface area contributed by atoms with Gasteiger partial charge in [-0.2, -0.15) is 0 Å². The van der Waals surface area contributed by atoms with Crippen molar-refractivity contribution < 1.29 is 18.7 Å². The van der Waals surface area contributed by atoms with Gasteiger partial charge in [0.15, 0.2) is 6.61 Å². The van der Waals surface area contributed by atoms with Crippen molar-refractivity contribution in [3.05, 3.63) is 59.4 Å². The molecule has 4 nitrogen and oxygen atoms in total. The van der Waals surface area contributed by atoms with E-state index < -0.39 is 0 Å². The molecule has 24 heavy (non-hydrogen) atoms. The van der Waals surface area contributed by atoms with Gasteiger partial charge in [0.25, 0.3) is 5.91 Å². The summed E-state index contributed by atoms with van der Waals surface area (Å²) in [5.41, 5.74) is 2.40. The number of carbonyl (C=O) groups excluding carboxylic acids is 1. The lowest BCUT2D eigenvalue weighted by molar-refractivity contribution is -0.123. The summed E-state index contributed by atoms with van der Waals surface area (Å²) in [4.78, 5) is 11.9. The first-order chi connectivity index (χ1) is 11.6. The second-order valence-electron chi connectivity index (χ2n) is 5.96. The van der Waals surface area contributed by atoms with Crippen LogP contribution in [0.3, 0.4) is 0 Å². The monoisotopic (exact) mass is 329 g/mol. The molecule has 0 saturated heterocycles. The molecule has 1 aliphatic rings. The highest BCUT2D eigenvalue weighted by molar-refractivity contribution is 5.77. The number of amides is 1. The molecule has 0 spiro atoms. The number of rotatable bonds is 6. The van der Waals surface area contributed by atoms with Gasteiger partial charge in [0, 0.05) is 12.5 Å². The molecule has 0 saturated carbocycles. The summed E-state index contributed by atoms with van der Waals surface area (Å²) in [7, 11) is 0. The molecule has 1 N–H and O–H groups in total. The maximum atomic E-state index is 12.8. The first-order valence-electron chi connectivity index (χ1n) is 8.02. The Bertz CT molecular complexity index is 715. The van der Waals surface area contributed by atoms with Gasteiger partial charge in [-0.1, -0.05) is 12.1 Å². The van der Waals surface area contributed by atoms with E-state index in [0.29, 0.717) is 5.75 Å². The zero-order valence-electron chi connectivity index (χ0n) is 13.5. The molecule has 1 unspecified atom stereocenters. The molecule has 126 valence electrons. The molecule has 1 aliphatic heterocycles. The zero-order chi connectivity index (χ0) is 16.9. The Morgan fingerprint density at radius 1 is 1.29 bits per heavy atom. The van der Waals surface area contributed by atoms with E-state index in [1.807, 2.05) is 19.1 Å². The van der Waals surface area contributed by atoms with Crippen LogP contribution in [0.15, 0.2) is 42.5 Å². The molecule has 3 rings (SSSR count). The van der Waals surface area contributed by atoms with Crippen LogP contribution < -0.4 is 14.8 Å². The van der Waals surface area contributed by atoms with Crippen molar-refractivity contribution in [3.8, 4) is 11.5 Å². The molecule has 2 aromatic carbocycles. The summed E-state index contributed by atoms with van der Waals surface area (Å²) in [5, 5.41) is 2.91. The van der Waals surface area contributed by atoms with E-state index >= 15 is 0 Å². The standard InChI is InChI=1S/C19H20FNO3/c1-13(10-14-2-7-18-15(11-14)8-9-23-18)21-19(22)12-24-17-5-3-16(20)4-6-17/h2-7,11,13H,8-10,12H2,1H3,(H,21,22). The number of hydrogen-bond acceptors (Lipinski definition) is 3. The Kier molecular flexibility index (Phi) is 4.99.